The predicted octanol–water partition coefficient (Wildman–Crippen LogP) is 3.58. The summed E-state index contributed by atoms with van der Waals surface area (Å²) >= 11 is 6.01. The lowest BCUT2D eigenvalue weighted by Gasteiger charge is -2.18. The van der Waals surface area contributed by atoms with E-state index < -0.39 is 0 Å². The highest BCUT2D eigenvalue weighted by molar-refractivity contribution is 6.29. The zero-order valence-electron chi connectivity index (χ0n) is 13.5. The van der Waals surface area contributed by atoms with Crippen molar-refractivity contribution in [1.29, 1.82) is 0 Å². The molecule has 0 spiro atoms. The quantitative estimate of drug-likeness (QED) is 0.645. The molecule has 1 aromatic heterocycles. The van der Waals surface area contributed by atoms with Crippen LogP contribution in [0.4, 0.5) is 0 Å². The number of rotatable bonds is 6. The lowest BCUT2D eigenvalue weighted by atomic mass is 9.91. The van der Waals surface area contributed by atoms with E-state index in [1.807, 2.05) is 34.6 Å². The van der Waals surface area contributed by atoms with Gasteiger partial charge in [-0.15, -0.1) is 0 Å². The first-order valence-corrected chi connectivity index (χ1v) is 7.66. The summed E-state index contributed by atoms with van der Waals surface area (Å²) in [5.74, 6) is -0.130. The van der Waals surface area contributed by atoms with Crippen molar-refractivity contribution in [1.82, 2.24) is 10.3 Å². The zero-order valence-corrected chi connectivity index (χ0v) is 14.3. The third-order valence-corrected chi connectivity index (χ3v) is 3.08. The van der Waals surface area contributed by atoms with Crippen LogP contribution in [0.15, 0.2) is 12.1 Å². The van der Waals surface area contributed by atoms with E-state index in [1.165, 1.54) is 0 Å². The van der Waals surface area contributed by atoms with Crippen LogP contribution in [-0.2, 0) is 10.2 Å². The molecule has 1 rings (SSSR count). The number of amides is 1. The zero-order chi connectivity index (χ0) is 16.0. The normalized spacial score (nSPS) is 11.8. The van der Waals surface area contributed by atoms with Crippen molar-refractivity contribution in [2.24, 2.45) is 0 Å². The third kappa shape index (κ3) is 6.44. The van der Waals surface area contributed by atoms with Gasteiger partial charge in [0.1, 0.15) is 5.15 Å². The molecular weight excluding hydrogens is 288 g/mol. The molecule has 0 aliphatic heterocycles. The first kappa shape index (κ1) is 17.9. The summed E-state index contributed by atoms with van der Waals surface area (Å²) < 4.78 is 5.43. The SMILES string of the molecule is CC(C)OCCCNC(=O)c1cc(Cl)nc(C(C)(C)C)c1. The van der Waals surface area contributed by atoms with Crippen molar-refractivity contribution in [2.75, 3.05) is 13.2 Å². The molecule has 118 valence electrons. The lowest BCUT2D eigenvalue weighted by molar-refractivity contribution is 0.0757. The molecule has 0 unspecified atom stereocenters. The summed E-state index contributed by atoms with van der Waals surface area (Å²) in [6.07, 6.45) is 1.00. The Bertz CT molecular complexity index is 482. The van der Waals surface area contributed by atoms with Gasteiger partial charge in [0.25, 0.3) is 5.91 Å². The van der Waals surface area contributed by atoms with Crippen molar-refractivity contribution in [3.05, 3.63) is 28.5 Å². The van der Waals surface area contributed by atoms with E-state index in [-0.39, 0.29) is 17.4 Å². The number of hydrogen-bond donors (Lipinski definition) is 1. The van der Waals surface area contributed by atoms with Gasteiger partial charge in [0.2, 0.25) is 0 Å². The Kier molecular flexibility index (Phi) is 6.62. The van der Waals surface area contributed by atoms with Crippen LogP contribution in [0, 0.1) is 0 Å². The van der Waals surface area contributed by atoms with Crippen molar-refractivity contribution in [3.63, 3.8) is 0 Å². The molecule has 1 heterocycles. The Labute approximate surface area is 132 Å². The molecule has 1 N–H and O–H groups in total. The first-order valence-electron chi connectivity index (χ1n) is 7.28. The van der Waals surface area contributed by atoms with Crippen LogP contribution in [0.5, 0.6) is 0 Å². The second-order valence-electron chi connectivity index (χ2n) is 6.34. The number of aromatic nitrogens is 1. The van der Waals surface area contributed by atoms with Gasteiger partial charge in [-0.3, -0.25) is 4.79 Å². The molecule has 0 aliphatic carbocycles. The molecule has 0 bridgehead atoms. The molecule has 0 atom stereocenters. The fourth-order valence-electron chi connectivity index (χ4n) is 1.71. The molecule has 21 heavy (non-hydrogen) atoms. The van der Waals surface area contributed by atoms with Gasteiger partial charge in [-0.2, -0.15) is 0 Å². The summed E-state index contributed by atoms with van der Waals surface area (Å²) in [4.78, 5) is 16.4. The predicted molar refractivity (Wildman–Crippen MR) is 86.0 cm³/mol. The molecule has 5 heteroatoms. The van der Waals surface area contributed by atoms with Crippen molar-refractivity contribution >= 4 is 17.5 Å². The number of carbonyl (C=O) groups is 1. The molecule has 0 saturated carbocycles. The van der Waals surface area contributed by atoms with Crippen LogP contribution in [0.1, 0.15) is 57.1 Å². The monoisotopic (exact) mass is 312 g/mol. The van der Waals surface area contributed by atoms with Crippen LogP contribution >= 0.6 is 11.6 Å². The van der Waals surface area contributed by atoms with Gasteiger partial charge in [0.15, 0.2) is 0 Å². The van der Waals surface area contributed by atoms with Crippen molar-refractivity contribution in [3.8, 4) is 0 Å². The highest BCUT2D eigenvalue weighted by Gasteiger charge is 2.18. The molecule has 0 radical (unpaired) electrons. The second kappa shape index (κ2) is 7.76. The molecule has 0 aromatic carbocycles. The maximum atomic E-state index is 12.1. The number of pyridine rings is 1. The molecule has 0 fully saturated rings. The minimum absolute atomic E-state index is 0.130. The van der Waals surface area contributed by atoms with E-state index in [4.69, 9.17) is 16.3 Å². The maximum absolute atomic E-state index is 12.1. The highest BCUT2D eigenvalue weighted by atomic mass is 35.5. The summed E-state index contributed by atoms with van der Waals surface area (Å²) in [5, 5.41) is 3.22. The Morgan fingerprint density at radius 1 is 1.38 bits per heavy atom. The number of hydrogen-bond acceptors (Lipinski definition) is 3. The highest BCUT2D eigenvalue weighted by Crippen LogP contribution is 2.23. The average molecular weight is 313 g/mol. The smallest absolute Gasteiger partial charge is 0.251 e. The fraction of sp³-hybridized carbons (Fsp3) is 0.625. The number of carbonyl (C=O) groups excluding carboxylic acids is 1. The van der Waals surface area contributed by atoms with E-state index in [9.17, 15) is 4.79 Å². The summed E-state index contributed by atoms with van der Waals surface area (Å²) in [5.41, 5.74) is 1.21. The molecule has 4 nitrogen and oxygen atoms in total. The Morgan fingerprint density at radius 2 is 2.05 bits per heavy atom. The van der Waals surface area contributed by atoms with Gasteiger partial charge in [0.05, 0.1) is 6.10 Å². The standard InChI is InChI=1S/C16H25ClN2O2/c1-11(2)21-8-6-7-18-15(20)12-9-13(16(3,4)5)19-14(17)10-12/h9-11H,6-8H2,1-5H3,(H,18,20). The Balaban J connectivity index is 2.60. The fourth-order valence-corrected chi connectivity index (χ4v) is 1.92. The minimum atomic E-state index is -0.148. The van der Waals surface area contributed by atoms with E-state index in [2.05, 4.69) is 10.3 Å². The number of ether oxygens (including phenoxy) is 1. The van der Waals surface area contributed by atoms with Gasteiger partial charge >= 0.3 is 0 Å². The molecule has 0 saturated heterocycles. The molecule has 1 amide bonds. The van der Waals surface area contributed by atoms with Gasteiger partial charge in [-0.1, -0.05) is 32.4 Å². The average Bonchev–Trinajstić information content (AvgIpc) is 2.36. The van der Waals surface area contributed by atoms with E-state index in [1.54, 1.807) is 12.1 Å². The van der Waals surface area contributed by atoms with Crippen molar-refractivity contribution in [2.45, 2.75) is 52.6 Å². The second-order valence-corrected chi connectivity index (χ2v) is 6.73. The van der Waals surface area contributed by atoms with E-state index in [0.717, 1.165) is 12.1 Å². The number of nitrogens with zero attached hydrogens (tertiary/aromatic N) is 1. The molecule has 1 aromatic rings. The summed E-state index contributed by atoms with van der Waals surface area (Å²) in [6.45, 7) is 11.3. The minimum Gasteiger partial charge on any atom is -0.379 e. The first-order chi connectivity index (χ1) is 9.70. The van der Waals surface area contributed by atoms with E-state index >= 15 is 0 Å². The van der Waals surface area contributed by atoms with Gasteiger partial charge in [0, 0.05) is 29.8 Å². The van der Waals surface area contributed by atoms with Crippen LogP contribution in [0.25, 0.3) is 0 Å². The number of halogens is 1. The van der Waals surface area contributed by atoms with Gasteiger partial charge < -0.3 is 10.1 Å². The lowest BCUT2D eigenvalue weighted by Crippen LogP contribution is -2.26. The molecule has 0 aliphatic rings. The maximum Gasteiger partial charge on any atom is 0.251 e. The molecular formula is C16H25ClN2O2. The number of nitrogens with one attached hydrogen (secondary N) is 1. The topological polar surface area (TPSA) is 51.2 Å². The van der Waals surface area contributed by atoms with Crippen LogP contribution < -0.4 is 5.32 Å². The van der Waals surface area contributed by atoms with Crippen molar-refractivity contribution < 1.29 is 9.53 Å². The summed E-state index contributed by atoms with van der Waals surface area (Å²) in [7, 11) is 0. The Hall–Kier alpha value is -1.13. The van der Waals surface area contributed by atoms with Crippen LogP contribution in [0.2, 0.25) is 5.15 Å². The third-order valence-electron chi connectivity index (χ3n) is 2.88. The Morgan fingerprint density at radius 3 is 2.62 bits per heavy atom. The van der Waals surface area contributed by atoms with Crippen LogP contribution in [-0.4, -0.2) is 30.1 Å². The van der Waals surface area contributed by atoms with Crippen LogP contribution in [0.3, 0.4) is 0 Å². The van der Waals surface area contributed by atoms with Gasteiger partial charge in [-0.25, -0.2) is 4.98 Å². The van der Waals surface area contributed by atoms with E-state index in [0.29, 0.717) is 23.9 Å². The summed E-state index contributed by atoms with van der Waals surface area (Å²) in [6, 6.07) is 3.39. The van der Waals surface area contributed by atoms with Gasteiger partial charge in [-0.05, 0) is 32.4 Å². The largest absolute Gasteiger partial charge is 0.379 e.